The molecule has 2 atom stereocenters. The van der Waals surface area contributed by atoms with E-state index in [0.717, 1.165) is 17.7 Å². The van der Waals surface area contributed by atoms with Crippen molar-refractivity contribution in [1.29, 1.82) is 0 Å². The van der Waals surface area contributed by atoms with Gasteiger partial charge in [-0.05, 0) is 36.1 Å². The summed E-state index contributed by atoms with van der Waals surface area (Å²) < 4.78 is 13.3. The highest BCUT2D eigenvalue weighted by Crippen LogP contribution is 2.50. The molecule has 0 bridgehead atoms. The molecule has 1 amide bonds. The maximum atomic E-state index is 13.3. The molecule has 1 N–H and O–H groups in total. The average Bonchev–Trinajstić information content (AvgIpc) is 3.30. The molecule has 5 nitrogen and oxygen atoms in total. The summed E-state index contributed by atoms with van der Waals surface area (Å²) in [5.41, 5.74) is 0.452. The molecule has 23 heavy (non-hydrogen) atoms. The van der Waals surface area contributed by atoms with Crippen molar-refractivity contribution in [3.8, 4) is 0 Å². The predicted molar refractivity (Wildman–Crippen MR) is 84.0 cm³/mol. The highest BCUT2D eigenvalue weighted by atomic mass is 35.5. The second-order valence-electron chi connectivity index (χ2n) is 5.38. The van der Waals surface area contributed by atoms with Crippen LogP contribution in [0.5, 0.6) is 0 Å². The molecule has 0 heterocycles. The Hall–Kier alpha value is -2.47. The van der Waals surface area contributed by atoms with Crippen molar-refractivity contribution in [2.75, 3.05) is 5.32 Å². The third-order valence-corrected chi connectivity index (χ3v) is 4.19. The first-order valence-electron chi connectivity index (χ1n) is 6.96. The molecule has 1 fully saturated rings. The molecule has 0 saturated heterocycles. The van der Waals surface area contributed by atoms with Gasteiger partial charge in [-0.3, -0.25) is 14.9 Å². The molecule has 2 aromatic rings. The van der Waals surface area contributed by atoms with Crippen LogP contribution < -0.4 is 5.32 Å². The summed E-state index contributed by atoms with van der Waals surface area (Å²) in [6.07, 6.45) is 0.666. The lowest BCUT2D eigenvalue weighted by Crippen LogP contribution is -2.14. The van der Waals surface area contributed by atoms with Crippen LogP contribution in [0.1, 0.15) is 17.9 Å². The van der Waals surface area contributed by atoms with Gasteiger partial charge in [-0.15, -0.1) is 0 Å². The minimum atomic E-state index is -0.937. The van der Waals surface area contributed by atoms with Crippen molar-refractivity contribution >= 4 is 28.9 Å². The van der Waals surface area contributed by atoms with Gasteiger partial charge in [0.05, 0.1) is 4.92 Å². The lowest BCUT2D eigenvalue weighted by molar-refractivity contribution is -0.387. The number of benzene rings is 2. The van der Waals surface area contributed by atoms with E-state index in [1.54, 1.807) is 6.07 Å². The number of carbonyl (C=O) groups is 1. The van der Waals surface area contributed by atoms with E-state index in [9.17, 15) is 19.3 Å². The Kier molecular flexibility index (Phi) is 4.00. The van der Waals surface area contributed by atoms with Crippen LogP contribution in [0.25, 0.3) is 0 Å². The number of rotatable bonds is 4. The summed E-state index contributed by atoms with van der Waals surface area (Å²) in [5, 5.41) is 13.9. The van der Waals surface area contributed by atoms with Crippen molar-refractivity contribution in [1.82, 2.24) is 0 Å². The maximum Gasteiger partial charge on any atom is 0.306 e. The van der Waals surface area contributed by atoms with Gasteiger partial charge in [0.15, 0.2) is 0 Å². The second kappa shape index (κ2) is 5.96. The van der Waals surface area contributed by atoms with Crippen LogP contribution in [-0.4, -0.2) is 10.8 Å². The molecule has 1 saturated carbocycles. The first-order valence-corrected chi connectivity index (χ1v) is 7.34. The van der Waals surface area contributed by atoms with Gasteiger partial charge in [-0.1, -0.05) is 29.8 Å². The Labute approximate surface area is 136 Å². The van der Waals surface area contributed by atoms with Crippen LogP contribution in [0.3, 0.4) is 0 Å². The Morgan fingerprint density at radius 3 is 2.74 bits per heavy atom. The van der Waals surface area contributed by atoms with E-state index in [2.05, 4.69) is 5.32 Å². The van der Waals surface area contributed by atoms with Crippen LogP contribution >= 0.6 is 11.6 Å². The average molecular weight is 335 g/mol. The normalized spacial score (nSPS) is 19.2. The summed E-state index contributed by atoms with van der Waals surface area (Å²) in [6.45, 7) is 0. The number of nitrogens with one attached hydrogen (secondary N) is 1. The fourth-order valence-electron chi connectivity index (χ4n) is 2.57. The summed E-state index contributed by atoms with van der Waals surface area (Å²) in [4.78, 5) is 22.1. The maximum absolute atomic E-state index is 13.3. The fraction of sp³-hybridized carbons (Fsp3) is 0.188. The first kappa shape index (κ1) is 15.4. The van der Waals surface area contributed by atoms with Crippen LogP contribution in [0, 0.1) is 21.8 Å². The standard InChI is InChI=1S/C16H12ClFN2O3/c17-13-4-2-1-3-10(13)11-8-12(11)16(21)19-9-5-6-14(18)15(7-9)20(22)23/h1-7,11-12H,8H2,(H,19,21). The molecule has 0 aliphatic heterocycles. The van der Waals surface area contributed by atoms with Crippen LogP contribution in [0.4, 0.5) is 15.8 Å². The molecular weight excluding hydrogens is 323 g/mol. The summed E-state index contributed by atoms with van der Waals surface area (Å²) in [5.74, 6) is -1.39. The van der Waals surface area contributed by atoms with E-state index in [1.165, 1.54) is 6.07 Å². The minimum absolute atomic E-state index is 0.0409. The van der Waals surface area contributed by atoms with Gasteiger partial charge in [0, 0.05) is 22.7 Å². The predicted octanol–water partition coefficient (Wildman–Crippen LogP) is 4.13. The van der Waals surface area contributed by atoms with Gasteiger partial charge in [-0.25, -0.2) is 0 Å². The Morgan fingerprint density at radius 1 is 1.30 bits per heavy atom. The van der Waals surface area contributed by atoms with Crippen LogP contribution in [-0.2, 0) is 4.79 Å². The Bertz CT molecular complexity index is 797. The summed E-state index contributed by atoms with van der Waals surface area (Å²) >= 11 is 6.11. The Morgan fingerprint density at radius 2 is 2.04 bits per heavy atom. The van der Waals surface area contributed by atoms with E-state index in [-0.39, 0.29) is 23.4 Å². The molecule has 1 aliphatic carbocycles. The van der Waals surface area contributed by atoms with E-state index in [4.69, 9.17) is 11.6 Å². The van der Waals surface area contributed by atoms with Crippen LogP contribution in [0.15, 0.2) is 42.5 Å². The van der Waals surface area contributed by atoms with E-state index >= 15 is 0 Å². The zero-order valence-electron chi connectivity index (χ0n) is 11.8. The third-order valence-electron chi connectivity index (χ3n) is 3.84. The molecule has 7 heteroatoms. The highest BCUT2D eigenvalue weighted by Gasteiger charge is 2.44. The monoisotopic (exact) mass is 334 g/mol. The number of nitro groups is 1. The van der Waals surface area contributed by atoms with Gasteiger partial charge in [0.25, 0.3) is 0 Å². The lowest BCUT2D eigenvalue weighted by atomic mass is 10.1. The van der Waals surface area contributed by atoms with Crippen molar-refractivity contribution in [3.05, 3.63) is 69.0 Å². The molecule has 2 unspecified atom stereocenters. The molecule has 0 radical (unpaired) electrons. The molecular formula is C16H12ClFN2O3. The molecule has 2 aromatic carbocycles. The lowest BCUT2D eigenvalue weighted by Gasteiger charge is -2.06. The van der Waals surface area contributed by atoms with Gasteiger partial charge < -0.3 is 5.32 Å². The number of halogens is 2. The topological polar surface area (TPSA) is 72.2 Å². The SMILES string of the molecule is O=C(Nc1ccc(F)c([N+](=O)[O-])c1)C1CC1c1ccccc1Cl. The van der Waals surface area contributed by atoms with E-state index in [0.29, 0.717) is 11.4 Å². The quantitative estimate of drug-likeness (QED) is 0.675. The van der Waals surface area contributed by atoms with Crippen molar-refractivity contribution in [2.45, 2.75) is 12.3 Å². The number of hydrogen-bond donors (Lipinski definition) is 1. The summed E-state index contributed by atoms with van der Waals surface area (Å²) in [7, 11) is 0. The number of nitro benzene ring substituents is 1. The zero-order valence-corrected chi connectivity index (χ0v) is 12.6. The first-order chi connectivity index (χ1) is 11.0. The van der Waals surface area contributed by atoms with E-state index in [1.807, 2.05) is 18.2 Å². The molecule has 3 rings (SSSR count). The third kappa shape index (κ3) is 3.17. The zero-order chi connectivity index (χ0) is 16.6. The van der Waals surface area contributed by atoms with Gasteiger partial charge in [-0.2, -0.15) is 4.39 Å². The number of anilines is 1. The number of hydrogen-bond acceptors (Lipinski definition) is 3. The number of carbonyl (C=O) groups excluding carboxylic acids is 1. The number of amides is 1. The second-order valence-corrected chi connectivity index (χ2v) is 5.79. The van der Waals surface area contributed by atoms with Crippen molar-refractivity contribution in [2.24, 2.45) is 5.92 Å². The minimum Gasteiger partial charge on any atom is -0.326 e. The van der Waals surface area contributed by atoms with Crippen molar-refractivity contribution < 1.29 is 14.1 Å². The van der Waals surface area contributed by atoms with Crippen molar-refractivity contribution in [3.63, 3.8) is 0 Å². The highest BCUT2D eigenvalue weighted by molar-refractivity contribution is 6.31. The molecule has 0 aromatic heterocycles. The fourth-order valence-corrected chi connectivity index (χ4v) is 2.85. The molecule has 1 aliphatic rings. The largest absolute Gasteiger partial charge is 0.326 e. The van der Waals surface area contributed by atoms with Gasteiger partial charge in [0.1, 0.15) is 0 Å². The van der Waals surface area contributed by atoms with Gasteiger partial charge >= 0.3 is 5.69 Å². The molecule has 118 valence electrons. The van der Waals surface area contributed by atoms with Gasteiger partial charge in [0.2, 0.25) is 11.7 Å². The smallest absolute Gasteiger partial charge is 0.306 e. The van der Waals surface area contributed by atoms with Crippen LogP contribution in [0.2, 0.25) is 5.02 Å². The summed E-state index contributed by atoms with van der Waals surface area (Å²) in [6, 6.07) is 10.6. The van der Waals surface area contributed by atoms with E-state index < -0.39 is 16.4 Å². The Balaban J connectivity index is 1.71. The number of nitrogens with zero attached hydrogens (tertiary/aromatic N) is 1. The molecule has 0 spiro atoms.